The summed E-state index contributed by atoms with van der Waals surface area (Å²) in [6, 6.07) is 5.50. The Morgan fingerprint density at radius 1 is 1.52 bits per heavy atom. The van der Waals surface area contributed by atoms with E-state index in [0.717, 1.165) is 16.9 Å². The number of hydroxylamine groups is 2. The van der Waals surface area contributed by atoms with Crippen LogP contribution in [0, 0.1) is 0 Å². The maximum Gasteiger partial charge on any atom is 0.273 e. The Morgan fingerprint density at radius 2 is 2.32 bits per heavy atom. The number of fused-ring (bicyclic) bond motifs is 1. The first kappa shape index (κ1) is 19.0. The van der Waals surface area contributed by atoms with E-state index in [4.69, 9.17) is 10.6 Å². The van der Waals surface area contributed by atoms with Gasteiger partial charge in [0, 0.05) is 35.5 Å². The average molecular weight is 362 g/mol. The summed E-state index contributed by atoms with van der Waals surface area (Å²) in [6.45, 7) is 2.93. The fourth-order valence-electron chi connectivity index (χ4n) is 2.38. The van der Waals surface area contributed by atoms with E-state index in [0.29, 0.717) is 36.6 Å². The zero-order valence-electron chi connectivity index (χ0n) is 14.1. The van der Waals surface area contributed by atoms with Crippen LogP contribution < -0.4 is 11.1 Å². The molecule has 0 unspecified atom stereocenters. The molecule has 0 saturated heterocycles. The summed E-state index contributed by atoms with van der Waals surface area (Å²) in [5.41, 5.74) is 7.96. The van der Waals surface area contributed by atoms with Crippen LogP contribution in [0.25, 0.3) is 6.08 Å². The number of thiol groups is 1. The van der Waals surface area contributed by atoms with Crippen LogP contribution in [0.2, 0.25) is 0 Å². The van der Waals surface area contributed by atoms with Crippen molar-refractivity contribution in [2.45, 2.75) is 24.7 Å². The number of benzene rings is 1. The molecule has 1 heterocycles. The number of nitrogens with two attached hydrogens (primary N) is 1. The molecule has 2 amide bonds. The van der Waals surface area contributed by atoms with E-state index in [1.807, 2.05) is 19.1 Å². The topological polar surface area (TPSA) is 97.0 Å². The lowest BCUT2D eigenvalue weighted by Gasteiger charge is -2.22. The molecule has 0 spiro atoms. The minimum Gasteiger partial charge on any atom is -0.387 e. The summed E-state index contributed by atoms with van der Waals surface area (Å²) >= 11 is 4.31. The molecule has 0 fully saturated rings. The molecule has 0 aliphatic carbocycles. The largest absolute Gasteiger partial charge is 0.387 e. The number of nitrogens with zero attached hydrogens (tertiary/aromatic N) is 2. The highest BCUT2D eigenvalue weighted by Crippen LogP contribution is 2.29. The summed E-state index contributed by atoms with van der Waals surface area (Å²) in [7, 11) is 0. The predicted molar refractivity (Wildman–Crippen MR) is 99.6 cm³/mol. The van der Waals surface area contributed by atoms with Crippen molar-refractivity contribution >= 4 is 42.5 Å². The molecule has 0 radical (unpaired) electrons. The molecular formula is C17H22N4O3S. The SMILES string of the molecule is CCCN(OCCNC=O)C(=O)C1=Cc2ccc(S)cc2N=C(N)C1. The first-order valence-electron chi connectivity index (χ1n) is 8.03. The van der Waals surface area contributed by atoms with Gasteiger partial charge in [-0.1, -0.05) is 13.0 Å². The summed E-state index contributed by atoms with van der Waals surface area (Å²) in [6.07, 6.45) is 3.35. The second kappa shape index (κ2) is 9.24. The molecule has 0 bridgehead atoms. The molecule has 134 valence electrons. The minimum atomic E-state index is -0.256. The fourth-order valence-corrected chi connectivity index (χ4v) is 2.57. The van der Waals surface area contributed by atoms with E-state index >= 15 is 0 Å². The summed E-state index contributed by atoms with van der Waals surface area (Å²) in [5, 5.41) is 3.80. The van der Waals surface area contributed by atoms with Crippen LogP contribution in [-0.4, -0.2) is 42.9 Å². The zero-order chi connectivity index (χ0) is 18.2. The van der Waals surface area contributed by atoms with Gasteiger partial charge in [0.1, 0.15) is 5.84 Å². The van der Waals surface area contributed by atoms with Gasteiger partial charge >= 0.3 is 0 Å². The highest BCUT2D eigenvalue weighted by molar-refractivity contribution is 7.80. The number of amides is 2. The second-order valence-corrected chi connectivity index (χ2v) is 6.02. The molecule has 2 rings (SSSR count). The molecule has 8 heteroatoms. The van der Waals surface area contributed by atoms with Gasteiger partial charge in [0.15, 0.2) is 0 Å². The first-order chi connectivity index (χ1) is 12.0. The van der Waals surface area contributed by atoms with Crippen molar-refractivity contribution < 1.29 is 14.4 Å². The van der Waals surface area contributed by atoms with E-state index in [2.05, 4.69) is 22.9 Å². The van der Waals surface area contributed by atoms with E-state index in [9.17, 15) is 9.59 Å². The molecular weight excluding hydrogens is 340 g/mol. The number of nitrogens with one attached hydrogen (secondary N) is 1. The van der Waals surface area contributed by atoms with Gasteiger partial charge in [-0.05, 0) is 24.6 Å². The normalized spacial score (nSPS) is 13.2. The number of hydrogen-bond donors (Lipinski definition) is 3. The first-order valence-corrected chi connectivity index (χ1v) is 8.48. The summed E-state index contributed by atoms with van der Waals surface area (Å²) < 4.78 is 0. The third-order valence-corrected chi connectivity index (χ3v) is 3.76. The molecule has 25 heavy (non-hydrogen) atoms. The van der Waals surface area contributed by atoms with Crippen LogP contribution in [0.3, 0.4) is 0 Å². The monoisotopic (exact) mass is 362 g/mol. The lowest BCUT2D eigenvalue weighted by atomic mass is 10.1. The number of amidine groups is 1. The maximum absolute atomic E-state index is 12.8. The number of rotatable bonds is 8. The van der Waals surface area contributed by atoms with Gasteiger partial charge in [-0.25, -0.2) is 10.1 Å². The molecule has 0 aromatic heterocycles. The Labute approximate surface area is 152 Å². The van der Waals surface area contributed by atoms with Gasteiger partial charge in [-0.3, -0.25) is 14.4 Å². The van der Waals surface area contributed by atoms with Crippen molar-refractivity contribution in [1.82, 2.24) is 10.4 Å². The van der Waals surface area contributed by atoms with Gasteiger partial charge in [0.05, 0.1) is 12.3 Å². The van der Waals surface area contributed by atoms with Gasteiger partial charge in [0.25, 0.3) is 5.91 Å². The van der Waals surface area contributed by atoms with E-state index in [-0.39, 0.29) is 18.9 Å². The number of carbonyl (C=O) groups is 2. The second-order valence-electron chi connectivity index (χ2n) is 5.51. The molecule has 1 aromatic rings. The fraction of sp³-hybridized carbons (Fsp3) is 0.353. The van der Waals surface area contributed by atoms with Crippen molar-refractivity contribution in [3.8, 4) is 0 Å². The third-order valence-electron chi connectivity index (χ3n) is 3.48. The van der Waals surface area contributed by atoms with Crippen LogP contribution >= 0.6 is 12.6 Å². The van der Waals surface area contributed by atoms with Crippen LogP contribution in [0.5, 0.6) is 0 Å². The van der Waals surface area contributed by atoms with Crippen molar-refractivity contribution in [3.05, 3.63) is 29.3 Å². The Hall–Kier alpha value is -2.32. The Morgan fingerprint density at radius 3 is 3.04 bits per heavy atom. The lowest BCUT2D eigenvalue weighted by molar-refractivity contribution is -0.181. The Bertz CT molecular complexity index is 703. The van der Waals surface area contributed by atoms with Crippen molar-refractivity contribution in [3.63, 3.8) is 0 Å². The van der Waals surface area contributed by atoms with Crippen LogP contribution in [0.4, 0.5) is 5.69 Å². The lowest BCUT2D eigenvalue weighted by Crippen LogP contribution is -2.36. The smallest absolute Gasteiger partial charge is 0.273 e. The summed E-state index contributed by atoms with van der Waals surface area (Å²) in [5.74, 6) is 0.102. The van der Waals surface area contributed by atoms with Gasteiger partial charge in [-0.15, -0.1) is 12.6 Å². The van der Waals surface area contributed by atoms with E-state index < -0.39 is 0 Å². The molecule has 7 nitrogen and oxygen atoms in total. The van der Waals surface area contributed by atoms with Crippen molar-refractivity contribution in [2.75, 3.05) is 19.7 Å². The highest BCUT2D eigenvalue weighted by Gasteiger charge is 2.22. The average Bonchev–Trinajstić information content (AvgIpc) is 2.74. The standard InChI is InChI=1S/C17H22N4O3S/c1-2-6-21(24-7-5-19-11-22)17(23)13-8-12-3-4-14(25)10-15(12)20-16(18)9-13/h3-4,8,10-11,25H,2,5-7,9H2,1H3,(H2,18,20)(H,19,22). The third kappa shape index (κ3) is 5.33. The molecule has 1 aliphatic heterocycles. The number of hydrogen-bond acceptors (Lipinski definition) is 6. The zero-order valence-corrected chi connectivity index (χ0v) is 15.0. The van der Waals surface area contributed by atoms with Crippen LogP contribution in [0.15, 0.2) is 33.7 Å². The van der Waals surface area contributed by atoms with Crippen molar-refractivity contribution in [2.24, 2.45) is 10.7 Å². The van der Waals surface area contributed by atoms with E-state index in [1.54, 1.807) is 12.1 Å². The minimum absolute atomic E-state index is 0.209. The van der Waals surface area contributed by atoms with Gasteiger partial charge in [-0.2, -0.15) is 0 Å². The highest BCUT2D eigenvalue weighted by atomic mass is 32.1. The predicted octanol–water partition coefficient (Wildman–Crippen LogP) is 1.67. The summed E-state index contributed by atoms with van der Waals surface area (Å²) in [4.78, 5) is 33.8. The van der Waals surface area contributed by atoms with Crippen molar-refractivity contribution in [1.29, 1.82) is 0 Å². The van der Waals surface area contributed by atoms with Crippen LogP contribution in [0.1, 0.15) is 25.3 Å². The van der Waals surface area contributed by atoms with E-state index in [1.165, 1.54) is 5.06 Å². The molecule has 1 aromatic carbocycles. The maximum atomic E-state index is 12.8. The van der Waals surface area contributed by atoms with Crippen LogP contribution in [-0.2, 0) is 14.4 Å². The quantitative estimate of drug-likeness (QED) is 0.284. The molecule has 0 atom stereocenters. The molecule has 3 N–H and O–H groups in total. The number of carbonyl (C=O) groups excluding carboxylic acids is 2. The van der Waals surface area contributed by atoms with Gasteiger partial charge < -0.3 is 11.1 Å². The number of aliphatic imine (C=N–C) groups is 1. The Kier molecular flexibility index (Phi) is 7.03. The van der Waals surface area contributed by atoms with Gasteiger partial charge in [0.2, 0.25) is 6.41 Å². The molecule has 1 aliphatic rings. The Balaban J connectivity index is 2.21. The molecule has 0 saturated carbocycles.